The highest BCUT2D eigenvalue weighted by Crippen LogP contribution is 2.31. The van der Waals surface area contributed by atoms with Crippen LogP contribution in [-0.4, -0.2) is 17.1 Å². The molecule has 7 heteroatoms. The SMILES string of the molecule is CCOC(=O)c1cn([C@@H](C)CC)c2cc(C(F)(F)F)ccc2c1=O. The minimum absolute atomic E-state index is 0.0638. The Bertz CT molecular complexity index is 824. The van der Waals surface area contributed by atoms with Gasteiger partial charge in [-0.25, -0.2) is 4.79 Å². The molecule has 4 nitrogen and oxygen atoms in total. The molecule has 2 aromatic rings. The van der Waals surface area contributed by atoms with Gasteiger partial charge in [0, 0.05) is 17.6 Å². The summed E-state index contributed by atoms with van der Waals surface area (Å²) in [6, 6.07) is 2.71. The third-order valence-corrected chi connectivity index (χ3v) is 3.92. The molecule has 0 aliphatic rings. The number of esters is 1. The molecule has 0 unspecified atom stereocenters. The van der Waals surface area contributed by atoms with Crippen LogP contribution >= 0.6 is 0 Å². The van der Waals surface area contributed by atoms with Crippen LogP contribution in [0.1, 0.15) is 49.2 Å². The van der Waals surface area contributed by atoms with E-state index in [4.69, 9.17) is 4.74 Å². The van der Waals surface area contributed by atoms with E-state index >= 15 is 0 Å². The van der Waals surface area contributed by atoms with Crippen molar-refractivity contribution in [3.05, 3.63) is 45.7 Å². The maximum atomic E-state index is 13.0. The highest BCUT2D eigenvalue weighted by Gasteiger charge is 2.31. The molecule has 1 aromatic heterocycles. The molecule has 0 fully saturated rings. The molecule has 1 aromatic carbocycles. The highest BCUT2D eigenvalue weighted by molar-refractivity contribution is 5.94. The largest absolute Gasteiger partial charge is 0.462 e. The maximum Gasteiger partial charge on any atom is 0.416 e. The van der Waals surface area contributed by atoms with Crippen LogP contribution in [0.5, 0.6) is 0 Å². The van der Waals surface area contributed by atoms with Gasteiger partial charge in [-0.2, -0.15) is 13.2 Å². The van der Waals surface area contributed by atoms with Crippen molar-refractivity contribution in [3.63, 3.8) is 0 Å². The van der Waals surface area contributed by atoms with Crippen molar-refractivity contribution in [1.29, 1.82) is 0 Å². The predicted molar refractivity (Wildman–Crippen MR) is 84.2 cm³/mol. The molecule has 1 heterocycles. The standard InChI is InChI=1S/C17H18F3NO3/c1-4-10(3)21-9-13(16(23)24-5-2)15(22)12-7-6-11(8-14(12)21)17(18,19)20/h6-10H,4-5H2,1-3H3/t10-/m0/s1. The molecule has 0 aliphatic heterocycles. The highest BCUT2D eigenvalue weighted by atomic mass is 19.4. The van der Waals surface area contributed by atoms with Crippen molar-refractivity contribution in [3.8, 4) is 0 Å². The first kappa shape index (κ1) is 18.0. The van der Waals surface area contributed by atoms with E-state index in [1.54, 1.807) is 13.8 Å². The van der Waals surface area contributed by atoms with E-state index in [0.29, 0.717) is 6.42 Å². The van der Waals surface area contributed by atoms with Crippen LogP contribution in [0.2, 0.25) is 0 Å². The van der Waals surface area contributed by atoms with E-state index < -0.39 is 23.1 Å². The zero-order chi connectivity index (χ0) is 18.1. The van der Waals surface area contributed by atoms with Crippen LogP contribution in [0.25, 0.3) is 10.9 Å². The quantitative estimate of drug-likeness (QED) is 0.784. The van der Waals surface area contributed by atoms with Gasteiger partial charge in [0.05, 0.1) is 17.7 Å². The number of hydrogen-bond acceptors (Lipinski definition) is 3. The Morgan fingerprint density at radius 3 is 2.50 bits per heavy atom. The van der Waals surface area contributed by atoms with Crippen molar-refractivity contribution in [2.75, 3.05) is 6.61 Å². The number of carbonyl (C=O) groups excluding carboxylic acids is 1. The summed E-state index contributed by atoms with van der Waals surface area (Å²) in [7, 11) is 0. The van der Waals surface area contributed by atoms with Crippen LogP contribution in [0.15, 0.2) is 29.2 Å². The van der Waals surface area contributed by atoms with Gasteiger partial charge in [-0.05, 0) is 38.5 Å². The molecule has 1 atom stereocenters. The lowest BCUT2D eigenvalue weighted by atomic mass is 10.1. The Hall–Kier alpha value is -2.31. The molecule has 0 bridgehead atoms. The first-order valence-electron chi connectivity index (χ1n) is 7.63. The Morgan fingerprint density at radius 2 is 1.96 bits per heavy atom. The second kappa shape index (κ2) is 6.67. The fraction of sp³-hybridized carbons (Fsp3) is 0.412. The summed E-state index contributed by atoms with van der Waals surface area (Å²) in [5, 5.41) is 0.0638. The van der Waals surface area contributed by atoms with Crippen LogP contribution in [0, 0.1) is 0 Å². The number of pyridine rings is 1. The van der Waals surface area contributed by atoms with E-state index in [0.717, 1.165) is 18.2 Å². The van der Waals surface area contributed by atoms with Crippen LogP contribution in [0.3, 0.4) is 0 Å². The lowest BCUT2D eigenvalue weighted by Gasteiger charge is -2.19. The zero-order valence-electron chi connectivity index (χ0n) is 13.6. The second-order valence-corrected chi connectivity index (χ2v) is 5.49. The smallest absolute Gasteiger partial charge is 0.416 e. The topological polar surface area (TPSA) is 48.3 Å². The Balaban J connectivity index is 2.82. The summed E-state index contributed by atoms with van der Waals surface area (Å²) in [5.41, 5.74) is -1.49. The van der Waals surface area contributed by atoms with E-state index in [9.17, 15) is 22.8 Å². The summed E-state index contributed by atoms with van der Waals surface area (Å²) < 4.78 is 45.3. The van der Waals surface area contributed by atoms with Crippen molar-refractivity contribution in [2.45, 2.75) is 39.4 Å². The summed E-state index contributed by atoms with van der Waals surface area (Å²) in [5.74, 6) is -0.777. The van der Waals surface area contributed by atoms with Gasteiger partial charge in [0.25, 0.3) is 0 Å². The van der Waals surface area contributed by atoms with Gasteiger partial charge in [0.15, 0.2) is 0 Å². The summed E-state index contributed by atoms with van der Waals surface area (Å²) in [6.45, 7) is 5.39. The Labute approximate surface area is 136 Å². The van der Waals surface area contributed by atoms with E-state index in [-0.39, 0.29) is 29.1 Å². The van der Waals surface area contributed by atoms with E-state index in [2.05, 4.69) is 0 Å². The molecule has 0 aliphatic carbocycles. The molecular weight excluding hydrogens is 323 g/mol. The number of halogens is 3. The van der Waals surface area contributed by atoms with E-state index in [1.807, 2.05) is 6.92 Å². The van der Waals surface area contributed by atoms with Gasteiger partial charge in [-0.15, -0.1) is 0 Å². The minimum atomic E-state index is -4.51. The third-order valence-electron chi connectivity index (χ3n) is 3.92. The molecule has 0 spiro atoms. The van der Waals surface area contributed by atoms with Gasteiger partial charge in [-0.3, -0.25) is 4.79 Å². The first-order chi connectivity index (χ1) is 11.2. The summed E-state index contributed by atoms with van der Waals surface area (Å²) >= 11 is 0. The van der Waals surface area contributed by atoms with Crippen LogP contribution < -0.4 is 5.43 Å². The third kappa shape index (κ3) is 3.29. The number of carbonyl (C=O) groups is 1. The number of fused-ring (bicyclic) bond motifs is 1. The van der Waals surface area contributed by atoms with Crippen LogP contribution in [0.4, 0.5) is 13.2 Å². The fourth-order valence-electron chi connectivity index (χ4n) is 2.44. The molecule has 0 saturated heterocycles. The zero-order valence-corrected chi connectivity index (χ0v) is 13.6. The monoisotopic (exact) mass is 341 g/mol. The molecule has 0 amide bonds. The molecule has 130 valence electrons. The number of hydrogen-bond donors (Lipinski definition) is 0. The van der Waals surface area contributed by atoms with Gasteiger partial charge in [0.2, 0.25) is 5.43 Å². The van der Waals surface area contributed by atoms with Crippen molar-refractivity contribution >= 4 is 16.9 Å². The molecule has 0 N–H and O–H groups in total. The summed E-state index contributed by atoms with van der Waals surface area (Å²) in [4.78, 5) is 24.5. The van der Waals surface area contributed by atoms with Crippen LogP contribution in [-0.2, 0) is 10.9 Å². The minimum Gasteiger partial charge on any atom is -0.462 e. The predicted octanol–water partition coefficient (Wildman–Crippen LogP) is 4.17. The molecule has 0 radical (unpaired) electrons. The molecule has 2 rings (SSSR count). The fourth-order valence-corrected chi connectivity index (χ4v) is 2.44. The number of alkyl halides is 3. The molecular formula is C17H18F3NO3. The summed E-state index contributed by atoms with van der Waals surface area (Å²) in [6.07, 6.45) is -2.60. The van der Waals surface area contributed by atoms with Crippen molar-refractivity contribution < 1.29 is 22.7 Å². The molecule has 24 heavy (non-hydrogen) atoms. The van der Waals surface area contributed by atoms with Gasteiger partial charge >= 0.3 is 12.1 Å². The number of benzene rings is 1. The van der Waals surface area contributed by atoms with Gasteiger partial charge in [-0.1, -0.05) is 6.92 Å². The second-order valence-electron chi connectivity index (χ2n) is 5.49. The van der Waals surface area contributed by atoms with E-state index in [1.165, 1.54) is 10.8 Å². The number of aromatic nitrogens is 1. The normalized spacial score (nSPS) is 13.1. The lowest BCUT2D eigenvalue weighted by Crippen LogP contribution is -2.22. The van der Waals surface area contributed by atoms with Crippen molar-refractivity contribution in [2.24, 2.45) is 0 Å². The average Bonchev–Trinajstić information content (AvgIpc) is 2.53. The maximum absolute atomic E-state index is 13.0. The van der Waals surface area contributed by atoms with Gasteiger partial charge < -0.3 is 9.30 Å². The molecule has 0 saturated carbocycles. The number of nitrogens with zero attached hydrogens (tertiary/aromatic N) is 1. The first-order valence-corrected chi connectivity index (χ1v) is 7.63. The lowest BCUT2D eigenvalue weighted by molar-refractivity contribution is -0.137. The number of rotatable bonds is 4. The van der Waals surface area contributed by atoms with Crippen molar-refractivity contribution in [1.82, 2.24) is 4.57 Å². The Morgan fingerprint density at radius 1 is 1.29 bits per heavy atom. The number of ether oxygens (including phenoxy) is 1. The Kier molecular flexibility index (Phi) is 5.01. The van der Waals surface area contributed by atoms with Gasteiger partial charge in [0.1, 0.15) is 5.56 Å². The average molecular weight is 341 g/mol.